The number of hydrogen-bond acceptors (Lipinski definition) is 4. The van der Waals surface area contributed by atoms with Crippen molar-refractivity contribution in [3.63, 3.8) is 0 Å². The highest BCUT2D eigenvalue weighted by atomic mass is 19.1. The van der Waals surface area contributed by atoms with Gasteiger partial charge in [-0.3, -0.25) is 4.79 Å². The van der Waals surface area contributed by atoms with Crippen LogP contribution in [-0.2, 0) is 11.3 Å². The minimum absolute atomic E-state index is 0.0551. The molecule has 0 unspecified atom stereocenters. The van der Waals surface area contributed by atoms with E-state index in [1.54, 1.807) is 12.1 Å². The quantitative estimate of drug-likeness (QED) is 0.513. The lowest BCUT2D eigenvalue weighted by molar-refractivity contribution is -0.121. The maximum Gasteiger partial charge on any atom is 0.221 e. The zero-order chi connectivity index (χ0) is 20.8. The first kappa shape index (κ1) is 19.4. The van der Waals surface area contributed by atoms with Crippen molar-refractivity contribution in [3.8, 4) is 5.69 Å². The highest BCUT2D eigenvalue weighted by molar-refractivity contribution is 5.77. The maximum atomic E-state index is 13.2. The summed E-state index contributed by atoms with van der Waals surface area (Å²) in [6, 6.07) is 25.8. The zero-order valence-corrected chi connectivity index (χ0v) is 16.1. The highest BCUT2D eigenvalue weighted by Gasteiger charge is 2.18. The van der Waals surface area contributed by atoms with Crippen LogP contribution in [0, 0.1) is 5.82 Å². The van der Waals surface area contributed by atoms with E-state index in [4.69, 9.17) is 0 Å². The summed E-state index contributed by atoms with van der Waals surface area (Å²) in [5.41, 5.74) is 2.78. The minimum atomic E-state index is -0.338. The predicted octanol–water partition coefficient (Wildman–Crippen LogP) is 3.64. The number of tetrazole rings is 1. The van der Waals surface area contributed by atoms with Crippen LogP contribution >= 0.6 is 0 Å². The number of amides is 1. The van der Waals surface area contributed by atoms with E-state index in [1.807, 2.05) is 60.7 Å². The highest BCUT2D eigenvalue weighted by Crippen LogP contribution is 2.27. The Morgan fingerprint density at radius 2 is 1.50 bits per heavy atom. The Kier molecular flexibility index (Phi) is 5.89. The summed E-state index contributed by atoms with van der Waals surface area (Å²) in [7, 11) is 0. The molecular formula is C23H20FN5O. The first-order valence-corrected chi connectivity index (χ1v) is 9.60. The van der Waals surface area contributed by atoms with Crippen molar-refractivity contribution in [2.45, 2.75) is 18.9 Å². The Hall–Kier alpha value is -3.87. The van der Waals surface area contributed by atoms with E-state index in [1.165, 1.54) is 16.8 Å². The average molecular weight is 401 g/mol. The molecule has 0 atom stereocenters. The molecule has 6 nitrogen and oxygen atoms in total. The molecule has 0 radical (unpaired) electrons. The van der Waals surface area contributed by atoms with Crippen molar-refractivity contribution < 1.29 is 9.18 Å². The van der Waals surface area contributed by atoms with Crippen molar-refractivity contribution in [3.05, 3.63) is 108 Å². The molecule has 1 amide bonds. The largest absolute Gasteiger partial charge is 0.349 e. The fraction of sp³-hybridized carbons (Fsp3) is 0.130. The molecule has 0 spiro atoms. The topological polar surface area (TPSA) is 72.7 Å². The van der Waals surface area contributed by atoms with Gasteiger partial charge in [-0.2, -0.15) is 4.68 Å². The van der Waals surface area contributed by atoms with Crippen molar-refractivity contribution >= 4 is 5.91 Å². The van der Waals surface area contributed by atoms with Crippen LogP contribution in [0.3, 0.4) is 0 Å². The summed E-state index contributed by atoms with van der Waals surface area (Å²) < 4.78 is 14.6. The first-order chi connectivity index (χ1) is 14.7. The molecule has 7 heteroatoms. The summed E-state index contributed by atoms with van der Waals surface area (Å²) in [5, 5.41) is 14.5. The van der Waals surface area contributed by atoms with Gasteiger partial charge in [-0.15, -0.1) is 5.10 Å². The van der Waals surface area contributed by atoms with Crippen LogP contribution < -0.4 is 5.32 Å². The second kappa shape index (κ2) is 9.09. The van der Waals surface area contributed by atoms with Gasteiger partial charge in [0.15, 0.2) is 5.82 Å². The van der Waals surface area contributed by atoms with Gasteiger partial charge in [-0.1, -0.05) is 60.7 Å². The van der Waals surface area contributed by atoms with Gasteiger partial charge in [0.05, 0.1) is 12.2 Å². The Morgan fingerprint density at radius 3 is 2.10 bits per heavy atom. The second-order valence-corrected chi connectivity index (χ2v) is 6.84. The number of aromatic nitrogens is 4. The monoisotopic (exact) mass is 401 g/mol. The molecule has 3 aromatic carbocycles. The second-order valence-electron chi connectivity index (χ2n) is 6.84. The van der Waals surface area contributed by atoms with E-state index in [2.05, 4.69) is 20.8 Å². The molecule has 30 heavy (non-hydrogen) atoms. The molecule has 0 bridgehead atoms. The number of hydrogen-bond donors (Lipinski definition) is 1. The number of carbonyl (C=O) groups excluding carboxylic acids is 1. The summed E-state index contributed by atoms with van der Waals surface area (Å²) in [5.74, 6) is -0.0395. The Morgan fingerprint density at radius 1 is 0.900 bits per heavy atom. The molecule has 0 saturated carbocycles. The fourth-order valence-corrected chi connectivity index (χ4v) is 3.33. The van der Waals surface area contributed by atoms with Crippen molar-refractivity contribution in [2.75, 3.05) is 0 Å². The number of halogens is 1. The third kappa shape index (κ3) is 4.57. The molecule has 0 fully saturated rings. The van der Waals surface area contributed by atoms with Crippen LogP contribution in [-0.4, -0.2) is 26.1 Å². The van der Waals surface area contributed by atoms with Gasteiger partial charge >= 0.3 is 0 Å². The summed E-state index contributed by atoms with van der Waals surface area (Å²) in [6.45, 7) is 0.166. The van der Waals surface area contributed by atoms with Crippen LogP contribution in [0.1, 0.15) is 29.3 Å². The van der Waals surface area contributed by atoms with Gasteiger partial charge in [0, 0.05) is 12.3 Å². The lowest BCUT2D eigenvalue weighted by atomic mass is 9.88. The van der Waals surface area contributed by atoms with Crippen LogP contribution in [0.2, 0.25) is 0 Å². The molecule has 4 rings (SSSR count). The summed E-state index contributed by atoms with van der Waals surface area (Å²) in [6.07, 6.45) is 0.298. The van der Waals surface area contributed by atoms with E-state index in [9.17, 15) is 9.18 Å². The van der Waals surface area contributed by atoms with E-state index in [-0.39, 0.29) is 24.2 Å². The third-order valence-electron chi connectivity index (χ3n) is 4.84. The van der Waals surface area contributed by atoms with Crippen LogP contribution in [0.5, 0.6) is 0 Å². The van der Waals surface area contributed by atoms with Gasteiger partial charge in [-0.25, -0.2) is 4.39 Å². The molecule has 0 aliphatic heterocycles. The molecule has 4 aromatic rings. The molecule has 150 valence electrons. The van der Waals surface area contributed by atoms with Gasteiger partial charge in [0.2, 0.25) is 5.91 Å². The number of nitrogens with zero attached hydrogens (tertiary/aromatic N) is 4. The van der Waals surface area contributed by atoms with E-state index in [0.717, 1.165) is 11.1 Å². The number of rotatable bonds is 7. The molecule has 0 aliphatic carbocycles. The van der Waals surface area contributed by atoms with Crippen LogP contribution in [0.25, 0.3) is 5.69 Å². The van der Waals surface area contributed by atoms with Gasteiger partial charge in [0.25, 0.3) is 0 Å². The standard InChI is InChI=1S/C23H20FN5O/c24-19-11-13-20(14-12-19)29-22(26-27-28-29)16-25-23(30)15-21(17-7-3-1-4-8-17)18-9-5-2-6-10-18/h1-14,21H,15-16H2,(H,25,30). The Labute approximate surface area is 173 Å². The third-order valence-corrected chi connectivity index (χ3v) is 4.84. The number of carbonyl (C=O) groups is 1. The summed E-state index contributed by atoms with van der Waals surface area (Å²) in [4.78, 5) is 12.7. The van der Waals surface area contributed by atoms with E-state index in [0.29, 0.717) is 17.9 Å². The molecule has 1 N–H and O–H groups in total. The Bertz CT molecular complexity index is 1060. The molecule has 0 saturated heterocycles. The minimum Gasteiger partial charge on any atom is -0.349 e. The van der Waals surface area contributed by atoms with E-state index >= 15 is 0 Å². The Balaban J connectivity index is 1.46. The average Bonchev–Trinajstić information content (AvgIpc) is 3.26. The van der Waals surface area contributed by atoms with Crippen molar-refractivity contribution in [1.29, 1.82) is 0 Å². The normalized spacial score (nSPS) is 10.9. The van der Waals surface area contributed by atoms with Gasteiger partial charge in [0.1, 0.15) is 5.82 Å². The zero-order valence-electron chi connectivity index (χ0n) is 16.1. The first-order valence-electron chi connectivity index (χ1n) is 9.60. The van der Waals surface area contributed by atoms with E-state index < -0.39 is 0 Å². The molecule has 1 heterocycles. The summed E-state index contributed by atoms with van der Waals surface area (Å²) >= 11 is 0. The van der Waals surface area contributed by atoms with Crippen molar-refractivity contribution in [2.24, 2.45) is 0 Å². The van der Waals surface area contributed by atoms with Crippen LogP contribution in [0.15, 0.2) is 84.9 Å². The smallest absolute Gasteiger partial charge is 0.221 e. The predicted molar refractivity (Wildman–Crippen MR) is 110 cm³/mol. The fourth-order valence-electron chi connectivity index (χ4n) is 3.33. The maximum absolute atomic E-state index is 13.2. The lowest BCUT2D eigenvalue weighted by Crippen LogP contribution is -2.26. The van der Waals surface area contributed by atoms with Crippen molar-refractivity contribution in [1.82, 2.24) is 25.5 Å². The van der Waals surface area contributed by atoms with Crippen LogP contribution in [0.4, 0.5) is 4.39 Å². The lowest BCUT2D eigenvalue weighted by Gasteiger charge is -2.18. The number of benzene rings is 3. The van der Waals surface area contributed by atoms with Gasteiger partial charge < -0.3 is 5.32 Å². The molecule has 0 aliphatic rings. The van der Waals surface area contributed by atoms with Gasteiger partial charge in [-0.05, 0) is 45.8 Å². The number of nitrogens with one attached hydrogen (secondary N) is 1. The SMILES string of the molecule is O=C(CC(c1ccccc1)c1ccccc1)NCc1nnnn1-c1ccc(F)cc1. The molecule has 1 aromatic heterocycles. The molecular weight excluding hydrogens is 381 g/mol.